The summed E-state index contributed by atoms with van der Waals surface area (Å²) in [6, 6.07) is 5.70. The van der Waals surface area contributed by atoms with Crippen LogP contribution in [-0.2, 0) is 4.79 Å². The lowest BCUT2D eigenvalue weighted by Gasteiger charge is -2.22. The Labute approximate surface area is 136 Å². The second-order valence-corrected chi connectivity index (χ2v) is 4.98. The van der Waals surface area contributed by atoms with Crippen LogP contribution < -0.4 is 4.74 Å². The van der Waals surface area contributed by atoms with Gasteiger partial charge in [0.2, 0.25) is 5.91 Å². The Morgan fingerprint density at radius 2 is 1.96 bits per heavy atom. The van der Waals surface area contributed by atoms with Crippen molar-refractivity contribution in [3.63, 3.8) is 0 Å². The predicted molar refractivity (Wildman–Crippen MR) is 79.7 cm³/mol. The molecule has 0 radical (unpaired) electrons. The Kier molecular flexibility index (Phi) is 7.67. The summed E-state index contributed by atoms with van der Waals surface area (Å²) in [6.45, 7) is -2.63. The number of hydrogen-bond acceptors (Lipinski definition) is 2. The van der Waals surface area contributed by atoms with E-state index in [-0.39, 0.29) is 17.9 Å². The summed E-state index contributed by atoms with van der Waals surface area (Å²) in [5.74, 6) is -1.000. The monoisotopic (exact) mass is 351 g/mol. The Morgan fingerprint density at radius 3 is 2.54 bits per heavy atom. The van der Waals surface area contributed by atoms with E-state index in [0.29, 0.717) is 17.7 Å². The first kappa shape index (κ1) is 19.9. The van der Waals surface area contributed by atoms with Gasteiger partial charge in [-0.1, -0.05) is 31.5 Å². The van der Waals surface area contributed by atoms with Crippen molar-refractivity contribution in [1.82, 2.24) is 4.90 Å². The lowest BCUT2D eigenvalue weighted by molar-refractivity contribution is -0.158. The van der Waals surface area contributed by atoms with Gasteiger partial charge < -0.3 is 9.64 Å². The maximum atomic E-state index is 12.5. The molecule has 0 heterocycles. The van der Waals surface area contributed by atoms with Gasteiger partial charge >= 0.3 is 12.8 Å². The number of alkyl halides is 5. The highest BCUT2D eigenvalue weighted by Crippen LogP contribution is 2.22. The smallest absolute Gasteiger partial charge is 0.406 e. The maximum Gasteiger partial charge on any atom is 0.406 e. The van der Waals surface area contributed by atoms with Crippen LogP contribution in [0, 0.1) is 0 Å². The van der Waals surface area contributed by atoms with Crippen molar-refractivity contribution in [2.24, 2.45) is 0 Å². The Bertz CT molecular complexity index is 558. The van der Waals surface area contributed by atoms with Crippen molar-refractivity contribution in [1.29, 1.82) is 0 Å². The van der Waals surface area contributed by atoms with Gasteiger partial charge in [-0.05, 0) is 18.6 Å². The highest BCUT2D eigenvalue weighted by Gasteiger charge is 2.32. The lowest BCUT2D eigenvalue weighted by Crippen LogP contribution is -2.38. The van der Waals surface area contributed by atoms with E-state index in [9.17, 15) is 26.7 Å². The molecule has 3 nitrogen and oxygen atoms in total. The molecule has 24 heavy (non-hydrogen) atoms. The second kappa shape index (κ2) is 9.24. The number of unbranched alkanes of at least 4 members (excludes halogenated alkanes) is 1. The van der Waals surface area contributed by atoms with Crippen molar-refractivity contribution < 1.29 is 31.5 Å². The Morgan fingerprint density at radius 1 is 1.29 bits per heavy atom. The molecule has 0 aliphatic rings. The minimum Gasteiger partial charge on any atom is -0.434 e. The number of carbonyl (C=O) groups excluding carboxylic acids is 1. The van der Waals surface area contributed by atoms with Gasteiger partial charge in [0.1, 0.15) is 12.3 Å². The van der Waals surface area contributed by atoms with E-state index in [0.717, 1.165) is 12.2 Å². The first-order chi connectivity index (χ1) is 11.2. The summed E-state index contributed by atoms with van der Waals surface area (Å²) in [4.78, 5) is 12.7. The molecule has 0 fully saturated rings. The maximum absolute atomic E-state index is 12.5. The number of amides is 1. The number of rotatable bonds is 8. The molecule has 0 atom stereocenters. The van der Waals surface area contributed by atoms with Crippen LogP contribution in [0.5, 0.6) is 5.75 Å². The molecule has 134 valence electrons. The van der Waals surface area contributed by atoms with Gasteiger partial charge in [-0.25, -0.2) is 0 Å². The van der Waals surface area contributed by atoms with Crippen molar-refractivity contribution >= 4 is 12.0 Å². The topological polar surface area (TPSA) is 29.5 Å². The number of para-hydroxylation sites is 1. The summed E-state index contributed by atoms with van der Waals surface area (Å²) in [5, 5.41) is 0. The minimum atomic E-state index is -4.51. The molecule has 0 aromatic heterocycles. The van der Waals surface area contributed by atoms with E-state index >= 15 is 0 Å². The normalized spacial score (nSPS) is 12.0. The molecule has 1 aromatic carbocycles. The molecule has 8 heteroatoms. The minimum absolute atomic E-state index is 0.0334. The Balaban J connectivity index is 2.87. The van der Waals surface area contributed by atoms with E-state index in [2.05, 4.69) is 4.74 Å². The fourth-order valence-corrected chi connectivity index (χ4v) is 1.92. The van der Waals surface area contributed by atoms with Crippen LogP contribution in [-0.4, -0.2) is 36.7 Å². The van der Waals surface area contributed by atoms with E-state index in [4.69, 9.17) is 0 Å². The number of benzene rings is 1. The van der Waals surface area contributed by atoms with Crippen molar-refractivity contribution in [2.45, 2.75) is 32.6 Å². The summed E-state index contributed by atoms with van der Waals surface area (Å²) in [7, 11) is 0. The molecule has 0 unspecified atom stereocenters. The molecule has 0 saturated carbocycles. The lowest BCUT2D eigenvalue weighted by atomic mass is 10.2. The zero-order valence-corrected chi connectivity index (χ0v) is 13.0. The van der Waals surface area contributed by atoms with Gasteiger partial charge in [0.05, 0.1) is 0 Å². The van der Waals surface area contributed by atoms with Gasteiger partial charge in [0.15, 0.2) is 0 Å². The molecule has 0 aliphatic heterocycles. The first-order valence-corrected chi connectivity index (χ1v) is 7.30. The average molecular weight is 351 g/mol. The predicted octanol–water partition coefficient (Wildman–Crippen LogP) is 4.49. The van der Waals surface area contributed by atoms with Gasteiger partial charge in [-0.15, -0.1) is 0 Å². The molecule has 0 N–H and O–H groups in total. The molecular formula is C16H18F5NO2. The summed E-state index contributed by atoms with van der Waals surface area (Å²) >= 11 is 0. The van der Waals surface area contributed by atoms with Crippen LogP contribution in [0.15, 0.2) is 30.3 Å². The van der Waals surface area contributed by atoms with Crippen LogP contribution in [0.25, 0.3) is 6.08 Å². The second-order valence-electron chi connectivity index (χ2n) is 4.98. The number of nitrogens with zero attached hydrogens (tertiary/aromatic N) is 1. The van der Waals surface area contributed by atoms with E-state index in [1.807, 2.05) is 0 Å². The third-order valence-electron chi connectivity index (χ3n) is 3.00. The van der Waals surface area contributed by atoms with Crippen LogP contribution in [0.4, 0.5) is 22.0 Å². The largest absolute Gasteiger partial charge is 0.434 e. The standard InChI is InChI=1S/C16H18F5NO2/c1-2-3-10-22(11-16(19,20)21)14(23)9-8-12-6-4-5-7-13(12)24-15(17)18/h4-9,15H,2-3,10-11H2,1H3/b9-8+. The number of halogens is 5. The number of ether oxygens (including phenoxy) is 1. The fraction of sp³-hybridized carbons (Fsp3) is 0.438. The van der Waals surface area contributed by atoms with Gasteiger partial charge in [-0.3, -0.25) is 4.79 Å². The quantitative estimate of drug-likeness (QED) is 0.510. The third kappa shape index (κ3) is 7.43. The van der Waals surface area contributed by atoms with Gasteiger partial charge in [0.25, 0.3) is 0 Å². The number of carbonyl (C=O) groups is 1. The van der Waals surface area contributed by atoms with E-state index < -0.39 is 25.2 Å². The molecule has 0 bridgehead atoms. The molecule has 1 amide bonds. The van der Waals surface area contributed by atoms with Gasteiger partial charge in [0, 0.05) is 18.2 Å². The van der Waals surface area contributed by atoms with Crippen LogP contribution in [0.2, 0.25) is 0 Å². The van der Waals surface area contributed by atoms with Crippen molar-refractivity contribution in [2.75, 3.05) is 13.1 Å². The molecule has 1 rings (SSSR count). The zero-order chi connectivity index (χ0) is 18.2. The third-order valence-corrected chi connectivity index (χ3v) is 3.00. The molecular weight excluding hydrogens is 333 g/mol. The molecule has 0 spiro atoms. The van der Waals surface area contributed by atoms with E-state index in [1.54, 1.807) is 6.92 Å². The summed E-state index contributed by atoms with van der Waals surface area (Å²) in [5.41, 5.74) is 0.175. The van der Waals surface area contributed by atoms with Crippen LogP contribution in [0.1, 0.15) is 25.3 Å². The fourth-order valence-electron chi connectivity index (χ4n) is 1.92. The first-order valence-electron chi connectivity index (χ1n) is 7.30. The molecule has 1 aromatic rings. The molecule has 0 aliphatic carbocycles. The average Bonchev–Trinajstić information content (AvgIpc) is 2.48. The Hall–Kier alpha value is -2.12. The van der Waals surface area contributed by atoms with Crippen LogP contribution >= 0.6 is 0 Å². The highest BCUT2D eigenvalue weighted by molar-refractivity contribution is 5.92. The van der Waals surface area contributed by atoms with Crippen molar-refractivity contribution in [3.05, 3.63) is 35.9 Å². The summed E-state index contributed by atoms with van der Waals surface area (Å²) < 4.78 is 66.5. The SMILES string of the molecule is CCCCN(CC(F)(F)F)C(=O)/C=C/c1ccccc1OC(F)F. The van der Waals surface area contributed by atoms with Crippen molar-refractivity contribution in [3.8, 4) is 5.75 Å². The van der Waals surface area contributed by atoms with Crippen LogP contribution in [0.3, 0.4) is 0 Å². The van der Waals surface area contributed by atoms with Gasteiger partial charge in [-0.2, -0.15) is 22.0 Å². The molecule has 0 saturated heterocycles. The zero-order valence-electron chi connectivity index (χ0n) is 13.0. The summed E-state index contributed by atoms with van der Waals surface area (Å²) in [6.07, 6.45) is -1.35. The number of hydrogen-bond donors (Lipinski definition) is 0. The van der Waals surface area contributed by atoms with E-state index in [1.165, 1.54) is 24.3 Å². The highest BCUT2D eigenvalue weighted by atomic mass is 19.4.